The van der Waals surface area contributed by atoms with Crippen molar-refractivity contribution in [3.05, 3.63) is 36.2 Å². The summed E-state index contributed by atoms with van der Waals surface area (Å²) < 4.78 is 7.52. The van der Waals surface area contributed by atoms with Gasteiger partial charge in [0.2, 0.25) is 5.91 Å². The van der Waals surface area contributed by atoms with Gasteiger partial charge in [0.1, 0.15) is 12.1 Å². The van der Waals surface area contributed by atoms with Gasteiger partial charge >= 0.3 is 0 Å². The zero-order valence-electron chi connectivity index (χ0n) is 12.4. The van der Waals surface area contributed by atoms with Crippen LogP contribution < -0.4 is 10.1 Å². The summed E-state index contributed by atoms with van der Waals surface area (Å²) in [6, 6.07) is 8.06. The SMILES string of the molecule is Cn1cnnc1SCC(=O)NCC1COc2ccccc2C1. The van der Waals surface area contributed by atoms with E-state index in [0.717, 1.165) is 17.3 Å². The van der Waals surface area contributed by atoms with Crippen molar-refractivity contribution in [1.82, 2.24) is 20.1 Å². The van der Waals surface area contributed by atoms with Gasteiger partial charge in [0, 0.05) is 19.5 Å². The minimum atomic E-state index is 0.00635. The van der Waals surface area contributed by atoms with Gasteiger partial charge in [-0.15, -0.1) is 10.2 Å². The number of para-hydroxylation sites is 1. The van der Waals surface area contributed by atoms with Crippen LogP contribution >= 0.6 is 11.8 Å². The predicted octanol–water partition coefficient (Wildman–Crippen LogP) is 1.27. The number of hydrogen-bond donors (Lipinski definition) is 1. The smallest absolute Gasteiger partial charge is 0.230 e. The van der Waals surface area contributed by atoms with Crippen LogP contribution in [0.5, 0.6) is 5.75 Å². The Balaban J connectivity index is 1.43. The molecule has 0 radical (unpaired) electrons. The van der Waals surface area contributed by atoms with Gasteiger partial charge in [-0.05, 0) is 18.1 Å². The lowest BCUT2D eigenvalue weighted by Crippen LogP contribution is -2.35. The number of ether oxygens (including phenoxy) is 1. The van der Waals surface area contributed by atoms with Gasteiger partial charge < -0.3 is 14.6 Å². The zero-order valence-corrected chi connectivity index (χ0v) is 13.2. The van der Waals surface area contributed by atoms with E-state index >= 15 is 0 Å². The van der Waals surface area contributed by atoms with Crippen LogP contribution in [0.15, 0.2) is 35.7 Å². The van der Waals surface area contributed by atoms with E-state index in [-0.39, 0.29) is 5.91 Å². The summed E-state index contributed by atoms with van der Waals surface area (Å²) in [5.41, 5.74) is 1.21. The minimum absolute atomic E-state index is 0.00635. The molecular formula is C15H18N4O2S. The van der Waals surface area contributed by atoms with E-state index in [9.17, 15) is 4.79 Å². The summed E-state index contributed by atoms with van der Waals surface area (Å²) in [6.45, 7) is 1.28. The highest BCUT2D eigenvalue weighted by Gasteiger charge is 2.20. The largest absolute Gasteiger partial charge is 0.493 e. The number of rotatable bonds is 5. The van der Waals surface area contributed by atoms with Crippen LogP contribution in [0.1, 0.15) is 5.56 Å². The first-order valence-electron chi connectivity index (χ1n) is 7.16. The third-order valence-corrected chi connectivity index (χ3v) is 4.58. The lowest BCUT2D eigenvalue weighted by Gasteiger charge is -2.25. The molecule has 6 nitrogen and oxygen atoms in total. The van der Waals surface area contributed by atoms with E-state index in [0.29, 0.717) is 24.8 Å². The Labute approximate surface area is 133 Å². The first kappa shape index (κ1) is 14.9. The molecule has 0 saturated carbocycles. The Bertz CT molecular complexity index is 658. The molecule has 1 unspecified atom stereocenters. The van der Waals surface area contributed by atoms with Crippen LogP contribution in [0.4, 0.5) is 0 Å². The molecule has 22 heavy (non-hydrogen) atoms. The summed E-state index contributed by atoms with van der Waals surface area (Å²) in [5, 5.41) is 11.4. The lowest BCUT2D eigenvalue weighted by atomic mass is 9.97. The fourth-order valence-corrected chi connectivity index (χ4v) is 3.08. The molecule has 1 aliphatic rings. The van der Waals surface area contributed by atoms with Gasteiger partial charge in [0.25, 0.3) is 0 Å². The number of aryl methyl sites for hydroxylation is 1. The number of nitrogens with zero attached hydrogens (tertiary/aromatic N) is 3. The standard InChI is InChI=1S/C15H18N4O2S/c1-19-10-17-18-15(19)22-9-14(20)16-7-11-6-12-4-2-3-5-13(12)21-8-11/h2-5,10-11H,6-9H2,1H3,(H,16,20). The molecule has 1 atom stereocenters. The number of benzene rings is 1. The molecule has 2 aromatic rings. The highest BCUT2D eigenvalue weighted by Crippen LogP contribution is 2.26. The maximum absolute atomic E-state index is 11.9. The van der Waals surface area contributed by atoms with Crippen molar-refractivity contribution < 1.29 is 9.53 Å². The van der Waals surface area contributed by atoms with E-state index in [1.165, 1.54) is 17.3 Å². The van der Waals surface area contributed by atoms with Crippen LogP contribution in [0, 0.1) is 5.92 Å². The molecular weight excluding hydrogens is 300 g/mol. The van der Waals surface area contributed by atoms with E-state index in [1.54, 1.807) is 10.9 Å². The van der Waals surface area contributed by atoms with Crippen molar-refractivity contribution in [2.24, 2.45) is 13.0 Å². The maximum Gasteiger partial charge on any atom is 0.230 e. The van der Waals surface area contributed by atoms with Crippen molar-refractivity contribution in [2.45, 2.75) is 11.6 Å². The second kappa shape index (κ2) is 6.83. The van der Waals surface area contributed by atoms with Crippen molar-refractivity contribution >= 4 is 17.7 Å². The normalized spacial score (nSPS) is 16.7. The molecule has 116 valence electrons. The van der Waals surface area contributed by atoms with Gasteiger partial charge in [-0.3, -0.25) is 4.79 Å². The number of amides is 1. The van der Waals surface area contributed by atoms with Crippen molar-refractivity contribution in [3.8, 4) is 5.75 Å². The molecule has 7 heteroatoms. The van der Waals surface area contributed by atoms with Crippen LogP contribution in [0.2, 0.25) is 0 Å². The number of hydrogen-bond acceptors (Lipinski definition) is 5. The Hall–Kier alpha value is -2.02. The lowest BCUT2D eigenvalue weighted by molar-refractivity contribution is -0.118. The van der Waals surface area contributed by atoms with Crippen LogP contribution in [0.3, 0.4) is 0 Å². The Morgan fingerprint density at radius 3 is 3.18 bits per heavy atom. The predicted molar refractivity (Wildman–Crippen MR) is 83.9 cm³/mol. The number of aromatic nitrogens is 3. The summed E-state index contributed by atoms with van der Waals surface area (Å²) in [6.07, 6.45) is 2.56. The molecule has 0 spiro atoms. The third kappa shape index (κ3) is 3.59. The average molecular weight is 318 g/mol. The quantitative estimate of drug-likeness (QED) is 0.841. The molecule has 2 heterocycles. The topological polar surface area (TPSA) is 69.0 Å². The molecule has 0 aliphatic carbocycles. The van der Waals surface area contributed by atoms with Crippen molar-refractivity contribution in [2.75, 3.05) is 18.9 Å². The second-order valence-corrected chi connectivity index (χ2v) is 6.25. The number of carbonyl (C=O) groups is 1. The summed E-state index contributed by atoms with van der Waals surface area (Å²) >= 11 is 1.38. The monoisotopic (exact) mass is 318 g/mol. The first-order chi connectivity index (χ1) is 10.7. The van der Waals surface area contributed by atoms with E-state index in [2.05, 4.69) is 21.6 Å². The Morgan fingerprint density at radius 1 is 1.50 bits per heavy atom. The van der Waals surface area contributed by atoms with Crippen molar-refractivity contribution in [3.63, 3.8) is 0 Å². The van der Waals surface area contributed by atoms with E-state index < -0.39 is 0 Å². The fraction of sp³-hybridized carbons (Fsp3) is 0.400. The summed E-state index contributed by atoms with van der Waals surface area (Å²) in [7, 11) is 1.86. The molecule has 1 amide bonds. The van der Waals surface area contributed by atoms with E-state index in [1.807, 2.05) is 25.2 Å². The van der Waals surface area contributed by atoms with Gasteiger partial charge in [-0.2, -0.15) is 0 Å². The van der Waals surface area contributed by atoms with Gasteiger partial charge in [0.15, 0.2) is 5.16 Å². The molecule has 3 rings (SSSR count). The van der Waals surface area contributed by atoms with Gasteiger partial charge in [-0.25, -0.2) is 0 Å². The number of nitrogens with one attached hydrogen (secondary N) is 1. The molecule has 1 N–H and O–H groups in total. The molecule has 0 bridgehead atoms. The van der Waals surface area contributed by atoms with E-state index in [4.69, 9.17) is 4.74 Å². The maximum atomic E-state index is 11.9. The molecule has 1 aromatic carbocycles. The minimum Gasteiger partial charge on any atom is -0.493 e. The van der Waals surface area contributed by atoms with Crippen LogP contribution in [-0.4, -0.2) is 39.6 Å². The van der Waals surface area contributed by atoms with Crippen LogP contribution in [0.25, 0.3) is 0 Å². The number of fused-ring (bicyclic) bond motifs is 1. The van der Waals surface area contributed by atoms with Crippen molar-refractivity contribution in [1.29, 1.82) is 0 Å². The molecule has 0 saturated heterocycles. The highest BCUT2D eigenvalue weighted by atomic mass is 32.2. The van der Waals surface area contributed by atoms with Gasteiger partial charge in [0.05, 0.1) is 12.4 Å². The first-order valence-corrected chi connectivity index (χ1v) is 8.15. The molecule has 1 aromatic heterocycles. The van der Waals surface area contributed by atoms with Crippen LogP contribution in [-0.2, 0) is 18.3 Å². The zero-order chi connectivity index (χ0) is 15.4. The summed E-state index contributed by atoms with van der Waals surface area (Å²) in [4.78, 5) is 11.9. The average Bonchev–Trinajstić information content (AvgIpc) is 2.96. The number of thioether (sulfide) groups is 1. The fourth-order valence-electron chi connectivity index (χ4n) is 2.36. The second-order valence-electron chi connectivity index (χ2n) is 5.31. The molecule has 0 fully saturated rings. The summed E-state index contributed by atoms with van der Waals surface area (Å²) in [5.74, 6) is 1.63. The third-order valence-electron chi connectivity index (χ3n) is 3.55. The Morgan fingerprint density at radius 2 is 2.36 bits per heavy atom. The number of carbonyl (C=O) groups excluding carboxylic acids is 1. The molecule has 1 aliphatic heterocycles. The highest BCUT2D eigenvalue weighted by molar-refractivity contribution is 7.99. The Kier molecular flexibility index (Phi) is 4.62. The van der Waals surface area contributed by atoms with Gasteiger partial charge in [-0.1, -0.05) is 30.0 Å².